The fraction of sp³-hybridized carbons (Fsp3) is 0.588. The summed E-state index contributed by atoms with van der Waals surface area (Å²) in [6, 6.07) is 10.2. The normalized spacial score (nSPS) is 23.0. The van der Waals surface area contributed by atoms with Crippen LogP contribution in [0.15, 0.2) is 30.3 Å². The standard InChI is InChI=1S/C17H25NO3/c1-3-13(2)21-12-16(19)18-11-15-9-10-20-17(15)14-7-5-4-6-8-14/h4-8,13,15,17H,3,9-12H2,1-2H3,(H,18,19)/t13-,15+,17+/m0/s1. The summed E-state index contributed by atoms with van der Waals surface area (Å²) < 4.78 is 11.3. The van der Waals surface area contributed by atoms with Crippen molar-refractivity contribution in [1.82, 2.24) is 5.32 Å². The van der Waals surface area contributed by atoms with E-state index in [-0.39, 0.29) is 24.7 Å². The summed E-state index contributed by atoms with van der Waals surface area (Å²) in [5.74, 6) is 0.286. The van der Waals surface area contributed by atoms with Gasteiger partial charge in [-0.2, -0.15) is 0 Å². The first-order valence-corrected chi connectivity index (χ1v) is 7.75. The third-order valence-corrected chi connectivity index (χ3v) is 3.98. The lowest BCUT2D eigenvalue weighted by atomic mass is 9.95. The van der Waals surface area contributed by atoms with Crippen LogP contribution in [0.5, 0.6) is 0 Å². The first-order valence-electron chi connectivity index (χ1n) is 7.75. The molecule has 4 heteroatoms. The molecule has 1 aromatic carbocycles. The second-order valence-corrected chi connectivity index (χ2v) is 5.58. The molecule has 116 valence electrons. The molecule has 0 unspecified atom stereocenters. The van der Waals surface area contributed by atoms with E-state index in [9.17, 15) is 4.79 Å². The van der Waals surface area contributed by atoms with E-state index in [1.165, 1.54) is 5.56 Å². The first kappa shape index (κ1) is 16.0. The molecule has 4 nitrogen and oxygen atoms in total. The summed E-state index contributed by atoms with van der Waals surface area (Å²) in [6.45, 7) is 5.55. The maximum atomic E-state index is 11.8. The quantitative estimate of drug-likeness (QED) is 0.840. The SMILES string of the molecule is CC[C@H](C)OCC(=O)NC[C@H]1CCO[C@@H]1c1ccccc1. The Labute approximate surface area is 126 Å². The van der Waals surface area contributed by atoms with E-state index in [1.807, 2.05) is 32.0 Å². The molecule has 0 aromatic heterocycles. The van der Waals surface area contributed by atoms with Crippen molar-refractivity contribution in [1.29, 1.82) is 0 Å². The third-order valence-electron chi connectivity index (χ3n) is 3.98. The monoisotopic (exact) mass is 291 g/mol. The Balaban J connectivity index is 1.78. The van der Waals surface area contributed by atoms with E-state index in [1.54, 1.807) is 0 Å². The number of ether oxygens (including phenoxy) is 2. The molecule has 0 aliphatic carbocycles. The summed E-state index contributed by atoms with van der Waals surface area (Å²) in [5.41, 5.74) is 1.19. The lowest BCUT2D eigenvalue weighted by Crippen LogP contribution is -2.34. The summed E-state index contributed by atoms with van der Waals surface area (Å²) in [5, 5.41) is 2.96. The van der Waals surface area contributed by atoms with Gasteiger partial charge in [0.1, 0.15) is 6.61 Å². The Morgan fingerprint density at radius 3 is 2.90 bits per heavy atom. The van der Waals surface area contributed by atoms with Gasteiger partial charge in [-0.1, -0.05) is 37.3 Å². The molecule has 3 atom stereocenters. The molecule has 1 aromatic rings. The van der Waals surface area contributed by atoms with E-state index in [4.69, 9.17) is 9.47 Å². The van der Waals surface area contributed by atoms with Crippen LogP contribution in [0.4, 0.5) is 0 Å². The highest BCUT2D eigenvalue weighted by molar-refractivity contribution is 5.77. The maximum Gasteiger partial charge on any atom is 0.246 e. The highest BCUT2D eigenvalue weighted by Gasteiger charge is 2.29. The average Bonchev–Trinajstić information content (AvgIpc) is 2.99. The van der Waals surface area contributed by atoms with E-state index in [0.717, 1.165) is 19.4 Å². The van der Waals surface area contributed by atoms with Crippen LogP contribution in [0.3, 0.4) is 0 Å². The van der Waals surface area contributed by atoms with Gasteiger partial charge in [-0.25, -0.2) is 0 Å². The van der Waals surface area contributed by atoms with Gasteiger partial charge in [0, 0.05) is 19.1 Å². The largest absolute Gasteiger partial charge is 0.373 e. The van der Waals surface area contributed by atoms with E-state index < -0.39 is 0 Å². The molecule has 0 bridgehead atoms. The van der Waals surface area contributed by atoms with Crippen LogP contribution < -0.4 is 5.32 Å². The van der Waals surface area contributed by atoms with Crippen molar-refractivity contribution in [3.8, 4) is 0 Å². The van der Waals surface area contributed by atoms with Crippen LogP contribution in [0.2, 0.25) is 0 Å². The van der Waals surface area contributed by atoms with Gasteiger partial charge in [0.05, 0.1) is 12.2 Å². The third kappa shape index (κ3) is 4.83. The van der Waals surface area contributed by atoms with Gasteiger partial charge in [0.2, 0.25) is 5.91 Å². The number of benzene rings is 1. The van der Waals surface area contributed by atoms with Crippen molar-refractivity contribution < 1.29 is 14.3 Å². The van der Waals surface area contributed by atoms with Gasteiger partial charge < -0.3 is 14.8 Å². The fourth-order valence-corrected chi connectivity index (χ4v) is 2.49. The van der Waals surface area contributed by atoms with E-state index >= 15 is 0 Å². The summed E-state index contributed by atoms with van der Waals surface area (Å²) in [7, 11) is 0. The Morgan fingerprint density at radius 2 is 2.19 bits per heavy atom. The molecule has 1 amide bonds. The Kier molecular flexibility index (Phi) is 6.21. The van der Waals surface area contributed by atoms with Crippen molar-refractivity contribution in [2.75, 3.05) is 19.8 Å². The molecule has 2 rings (SSSR count). The van der Waals surface area contributed by atoms with E-state index in [0.29, 0.717) is 12.5 Å². The molecule has 0 spiro atoms. The van der Waals surface area contributed by atoms with Crippen LogP contribution in [-0.4, -0.2) is 31.8 Å². The highest BCUT2D eigenvalue weighted by atomic mass is 16.5. The molecular formula is C17H25NO3. The second kappa shape index (κ2) is 8.15. The zero-order valence-corrected chi connectivity index (χ0v) is 12.9. The lowest BCUT2D eigenvalue weighted by molar-refractivity contribution is -0.127. The maximum absolute atomic E-state index is 11.8. The van der Waals surface area contributed by atoms with Crippen LogP contribution >= 0.6 is 0 Å². The average molecular weight is 291 g/mol. The van der Waals surface area contributed by atoms with Gasteiger partial charge in [0.15, 0.2) is 0 Å². The topological polar surface area (TPSA) is 47.6 Å². The number of nitrogens with one attached hydrogen (secondary N) is 1. The zero-order valence-electron chi connectivity index (χ0n) is 12.9. The first-order chi connectivity index (χ1) is 10.2. The van der Waals surface area contributed by atoms with E-state index in [2.05, 4.69) is 17.4 Å². The molecular weight excluding hydrogens is 266 g/mol. The Hall–Kier alpha value is -1.39. The minimum Gasteiger partial charge on any atom is -0.373 e. The lowest BCUT2D eigenvalue weighted by Gasteiger charge is -2.19. The van der Waals surface area contributed by atoms with Crippen molar-refractivity contribution in [2.24, 2.45) is 5.92 Å². The number of carbonyl (C=O) groups excluding carboxylic acids is 1. The molecule has 1 N–H and O–H groups in total. The molecule has 1 fully saturated rings. The number of carbonyl (C=O) groups is 1. The fourth-order valence-electron chi connectivity index (χ4n) is 2.49. The number of rotatable bonds is 7. The predicted octanol–water partition coefficient (Wildman–Crippen LogP) is 2.70. The van der Waals surface area contributed by atoms with Crippen LogP contribution in [0, 0.1) is 5.92 Å². The van der Waals surface area contributed by atoms with Gasteiger partial charge in [-0.15, -0.1) is 0 Å². The van der Waals surface area contributed by atoms with Crippen molar-refractivity contribution in [3.05, 3.63) is 35.9 Å². The minimum atomic E-state index is -0.0472. The minimum absolute atomic E-state index is 0.0472. The number of amides is 1. The van der Waals surface area contributed by atoms with Crippen LogP contribution in [-0.2, 0) is 14.3 Å². The summed E-state index contributed by atoms with van der Waals surface area (Å²) in [6.07, 6.45) is 2.11. The second-order valence-electron chi connectivity index (χ2n) is 5.58. The van der Waals surface area contributed by atoms with Gasteiger partial charge in [-0.3, -0.25) is 4.79 Å². The molecule has 1 aliphatic rings. The van der Waals surface area contributed by atoms with Crippen molar-refractivity contribution >= 4 is 5.91 Å². The van der Waals surface area contributed by atoms with Crippen LogP contribution in [0.25, 0.3) is 0 Å². The van der Waals surface area contributed by atoms with Crippen LogP contribution in [0.1, 0.15) is 38.4 Å². The predicted molar refractivity (Wildman–Crippen MR) is 82.0 cm³/mol. The van der Waals surface area contributed by atoms with Gasteiger partial charge in [0.25, 0.3) is 0 Å². The Bertz CT molecular complexity index is 435. The molecule has 21 heavy (non-hydrogen) atoms. The van der Waals surface area contributed by atoms with Gasteiger partial charge >= 0.3 is 0 Å². The Morgan fingerprint density at radius 1 is 1.43 bits per heavy atom. The molecule has 1 aliphatic heterocycles. The van der Waals surface area contributed by atoms with Crippen molar-refractivity contribution in [2.45, 2.75) is 38.9 Å². The molecule has 0 radical (unpaired) electrons. The smallest absolute Gasteiger partial charge is 0.246 e. The highest BCUT2D eigenvalue weighted by Crippen LogP contribution is 2.33. The number of hydrogen-bond acceptors (Lipinski definition) is 3. The molecule has 1 saturated heterocycles. The number of hydrogen-bond donors (Lipinski definition) is 1. The molecule has 1 heterocycles. The van der Waals surface area contributed by atoms with Crippen molar-refractivity contribution in [3.63, 3.8) is 0 Å². The zero-order chi connectivity index (χ0) is 15.1. The molecule has 0 saturated carbocycles. The van der Waals surface area contributed by atoms with Gasteiger partial charge in [-0.05, 0) is 25.3 Å². The summed E-state index contributed by atoms with van der Waals surface area (Å²) in [4.78, 5) is 11.8. The summed E-state index contributed by atoms with van der Waals surface area (Å²) >= 11 is 0.